The minimum absolute atomic E-state index is 0.0366. The molecular weight excluding hydrogens is 461 g/mol. The van der Waals surface area contributed by atoms with Gasteiger partial charge in [0.2, 0.25) is 5.91 Å². The van der Waals surface area contributed by atoms with Gasteiger partial charge in [0.15, 0.2) is 5.60 Å². The number of esters is 1. The Balaban J connectivity index is 2.30. The number of amides is 2. The number of hydrogen-bond donors (Lipinski definition) is 1. The summed E-state index contributed by atoms with van der Waals surface area (Å²) in [6.07, 6.45) is -4.48. The number of rotatable bonds is 6. The van der Waals surface area contributed by atoms with E-state index < -0.39 is 66.3 Å². The van der Waals surface area contributed by atoms with E-state index in [1.165, 1.54) is 20.8 Å². The summed E-state index contributed by atoms with van der Waals surface area (Å²) in [5.74, 6) is -2.34. The molecule has 2 fully saturated rings. The van der Waals surface area contributed by atoms with Crippen molar-refractivity contribution < 1.29 is 46.6 Å². The molecule has 1 heterocycles. The van der Waals surface area contributed by atoms with Gasteiger partial charge in [0.25, 0.3) is 0 Å². The van der Waals surface area contributed by atoms with Gasteiger partial charge >= 0.3 is 18.2 Å². The average molecular weight is 495 g/mol. The van der Waals surface area contributed by atoms with E-state index in [0.717, 1.165) is 27.1 Å². The summed E-state index contributed by atoms with van der Waals surface area (Å²) in [7, 11) is 1.96. The van der Waals surface area contributed by atoms with E-state index in [-0.39, 0.29) is 12.2 Å². The van der Waals surface area contributed by atoms with Crippen LogP contribution in [0.4, 0.5) is 18.0 Å². The zero-order chi connectivity index (χ0) is 25.9. The molecule has 2 amide bonds. The molecule has 0 bridgehead atoms. The molecule has 0 spiro atoms. The number of nitrogens with zero attached hydrogens (tertiary/aromatic N) is 1. The number of hydrogen-bond acceptors (Lipinski definition) is 7. The van der Waals surface area contributed by atoms with E-state index in [1.54, 1.807) is 0 Å². The van der Waals surface area contributed by atoms with Gasteiger partial charge in [0.1, 0.15) is 23.5 Å². The van der Waals surface area contributed by atoms with Crippen LogP contribution in [0.3, 0.4) is 0 Å². The van der Waals surface area contributed by atoms with Crippen molar-refractivity contribution in [1.29, 1.82) is 0 Å². The van der Waals surface area contributed by atoms with Gasteiger partial charge in [-0.1, -0.05) is 6.42 Å². The molecule has 0 aromatic heterocycles. The summed E-state index contributed by atoms with van der Waals surface area (Å²) in [5.41, 5.74) is -3.81. The monoisotopic (exact) mass is 494 g/mol. The second-order valence-corrected chi connectivity index (χ2v) is 9.75. The summed E-state index contributed by atoms with van der Waals surface area (Å²) in [5, 5.41) is 2.40. The Morgan fingerprint density at radius 1 is 1.18 bits per heavy atom. The summed E-state index contributed by atoms with van der Waals surface area (Å²) < 4.78 is 56.4. The van der Waals surface area contributed by atoms with Crippen LogP contribution in [0, 0.1) is 5.92 Å². The smallest absolute Gasteiger partial charge is 0.419 e. The normalized spacial score (nSPS) is 26.7. The quantitative estimate of drug-likeness (QED) is 0.565. The Morgan fingerprint density at radius 2 is 1.82 bits per heavy atom. The van der Waals surface area contributed by atoms with Crippen LogP contribution < -0.4 is 5.32 Å². The van der Waals surface area contributed by atoms with Crippen molar-refractivity contribution in [2.24, 2.45) is 5.92 Å². The van der Waals surface area contributed by atoms with Crippen LogP contribution in [-0.4, -0.2) is 78.9 Å². The van der Waals surface area contributed by atoms with Crippen LogP contribution in [-0.2, 0) is 28.6 Å². The second-order valence-electron chi connectivity index (χ2n) is 9.75. The average Bonchev–Trinajstić information content (AvgIpc) is 3.15. The number of alkyl halides is 3. The minimum atomic E-state index is -4.88. The number of likely N-dealkylation sites (tertiary alicyclic amines) is 1. The van der Waals surface area contributed by atoms with Crippen molar-refractivity contribution in [2.45, 2.75) is 88.8 Å². The first-order valence-corrected chi connectivity index (χ1v) is 11.2. The summed E-state index contributed by atoms with van der Waals surface area (Å²) >= 11 is 0. The number of carbonyl (C=O) groups is 4. The lowest BCUT2D eigenvalue weighted by atomic mass is 9.83. The molecular formula is C22H33F3N2O7. The summed E-state index contributed by atoms with van der Waals surface area (Å²) in [6.45, 7) is 3.66. The number of methoxy groups -OCH3 is 2. The van der Waals surface area contributed by atoms with Crippen molar-refractivity contribution in [1.82, 2.24) is 10.2 Å². The zero-order valence-corrected chi connectivity index (χ0v) is 20.1. The third kappa shape index (κ3) is 6.39. The van der Waals surface area contributed by atoms with Gasteiger partial charge in [-0.15, -0.1) is 0 Å². The van der Waals surface area contributed by atoms with Gasteiger partial charge in [-0.2, -0.15) is 13.2 Å². The van der Waals surface area contributed by atoms with E-state index in [9.17, 15) is 32.3 Å². The van der Waals surface area contributed by atoms with Crippen molar-refractivity contribution in [3.8, 4) is 0 Å². The molecule has 0 aromatic rings. The third-order valence-electron chi connectivity index (χ3n) is 6.17. The highest BCUT2D eigenvalue weighted by atomic mass is 19.4. The van der Waals surface area contributed by atoms with Gasteiger partial charge in [0, 0.05) is 25.9 Å². The predicted octanol–water partition coefficient (Wildman–Crippen LogP) is 2.75. The molecule has 34 heavy (non-hydrogen) atoms. The molecule has 2 rings (SSSR count). The molecule has 194 valence electrons. The largest absolute Gasteiger partial charge is 0.467 e. The maximum atomic E-state index is 13.9. The Kier molecular flexibility index (Phi) is 8.60. The lowest BCUT2D eigenvalue weighted by molar-refractivity contribution is -0.263. The molecule has 1 saturated carbocycles. The number of halogens is 3. The van der Waals surface area contributed by atoms with Crippen LogP contribution in [0.25, 0.3) is 0 Å². The van der Waals surface area contributed by atoms with E-state index in [2.05, 4.69) is 5.32 Å². The first kappa shape index (κ1) is 27.9. The molecule has 12 heteroatoms. The number of carbonyl (C=O) groups excluding carboxylic acids is 4. The fourth-order valence-electron chi connectivity index (χ4n) is 4.30. The third-order valence-corrected chi connectivity index (χ3v) is 6.17. The lowest BCUT2D eigenvalue weighted by Gasteiger charge is -2.30. The Morgan fingerprint density at radius 3 is 2.32 bits per heavy atom. The lowest BCUT2D eigenvalue weighted by Crippen LogP contribution is -2.52. The first-order chi connectivity index (χ1) is 15.6. The van der Waals surface area contributed by atoms with Crippen LogP contribution in [0.2, 0.25) is 0 Å². The molecule has 2 aliphatic rings. The molecule has 0 radical (unpaired) electrons. The SMILES string of the molecule is COC(=O)[C@H](C[C@@H]1CCCCC1=O)NC(=O)[C@@H]1C[C@@](OC)(C(F)(F)F)CN1C(=O)OC(C)(C)C. The highest BCUT2D eigenvalue weighted by Crippen LogP contribution is 2.43. The molecule has 1 aliphatic carbocycles. The van der Waals surface area contributed by atoms with E-state index in [1.807, 2.05) is 0 Å². The van der Waals surface area contributed by atoms with Crippen molar-refractivity contribution >= 4 is 23.8 Å². The highest BCUT2D eigenvalue weighted by molar-refractivity contribution is 5.91. The fourth-order valence-corrected chi connectivity index (χ4v) is 4.30. The van der Waals surface area contributed by atoms with E-state index in [0.29, 0.717) is 17.7 Å². The predicted molar refractivity (Wildman–Crippen MR) is 113 cm³/mol. The summed E-state index contributed by atoms with van der Waals surface area (Å²) in [6, 6.07) is -2.88. The molecule has 1 aliphatic heterocycles. The zero-order valence-electron chi connectivity index (χ0n) is 20.1. The maximum Gasteiger partial charge on any atom is 0.419 e. The molecule has 0 unspecified atom stereocenters. The minimum Gasteiger partial charge on any atom is -0.467 e. The fraction of sp³-hybridized carbons (Fsp3) is 0.818. The van der Waals surface area contributed by atoms with Gasteiger partial charge in [-0.25, -0.2) is 9.59 Å². The topological polar surface area (TPSA) is 111 Å². The highest BCUT2D eigenvalue weighted by Gasteiger charge is 2.64. The first-order valence-electron chi connectivity index (χ1n) is 11.2. The molecule has 4 atom stereocenters. The molecule has 1 saturated heterocycles. The van der Waals surface area contributed by atoms with Crippen LogP contribution in [0.1, 0.15) is 59.3 Å². The Labute approximate surface area is 196 Å². The van der Waals surface area contributed by atoms with Crippen molar-refractivity contribution in [3.05, 3.63) is 0 Å². The van der Waals surface area contributed by atoms with Gasteiger partial charge in [-0.3, -0.25) is 14.5 Å². The van der Waals surface area contributed by atoms with Crippen molar-refractivity contribution in [3.63, 3.8) is 0 Å². The number of ketones is 1. The second kappa shape index (κ2) is 10.5. The number of Topliss-reactive ketones (excluding diaryl/α,β-unsaturated/α-hetero) is 1. The molecule has 1 N–H and O–H groups in total. The van der Waals surface area contributed by atoms with E-state index in [4.69, 9.17) is 14.2 Å². The van der Waals surface area contributed by atoms with Gasteiger partial charge < -0.3 is 19.5 Å². The van der Waals surface area contributed by atoms with Crippen LogP contribution in [0.15, 0.2) is 0 Å². The van der Waals surface area contributed by atoms with Crippen LogP contribution in [0.5, 0.6) is 0 Å². The molecule has 0 aromatic carbocycles. The molecule has 9 nitrogen and oxygen atoms in total. The standard InChI is InChI=1S/C22H33F3N2O7/c1-20(2,3)34-19(31)27-12-21(33-5,22(23,24)25)11-15(27)17(29)26-14(18(30)32-4)10-13-8-6-7-9-16(13)28/h13-15H,6-12H2,1-5H3,(H,26,29)/t13-,14-,15-,21-/m0/s1. The summed E-state index contributed by atoms with van der Waals surface area (Å²) in [4.78, 5) is 51.1. The van der Waals surface area contributed by atoms with E-state index >= 15 is 0 Å². The Hall–Kier alpha value is -2.37. The van der Waals surface area contributed by atoms with Crippen LogP contribution >= 0.6 is 0 Å². The Bertz CT molecular complexity index is 796. The number of ether oxygens (including phenoxy) is 3. The van der Waals surface area contributed by atoms with Crippen molar-refractivity contribution in [2.75, 3.05) is 20.8 Å². The van der Waals surface area contributed by atoms with Gasteiger partial charge in [-0.05, 0) is 40.0 Å². The number of nitrogens with one attached hydrogen (secondary N) is 1. The maximum absolute atomic E-state index is 13.9. The van der Waals surface area contributed by atoms with Gasteiger partial charge in [0.05, 0.1) is 13.7 Å².